The zero-order chi connectivity index (χ0) is 26.1. The Balaban J connectivity index is 1.55. The van der Waals surface area contributed by atoms with Gasteiger partial charge in [0.05, 0.1) is 33.7 Å². The molecule has 2 bridgehead atoms. The first-order valence-corrected chi connectivity index (χ1v) is 13.0. The molecule has 5 aliphatic rings. The Bertz CT molecular complexity index is 1460. The molecule has 1 aromatic heterocycles. The first-order valence-electron chi connectivity index (χ1n) is 12.2. The van der Waals surface area contributed by atoms with Crippen molar-refractivity contribution in [2.75, 3.05) is 22.9 Å². The van der Waals surface area contributed by atoms with Crippen molar-refractivity contribution < 1.29 is 18.0 Å². The van der Waals surface area contributed by atoms with E-state index in [9.17, 15) is 28.5 Å². The molecule has 2 aromatic rings. The van der Waals surface area contributed by atoms with Gasteiger partial charge in [0.1, 0.15) is 16.9 Å². The Morgan fingerprint density at radius 3 is 2.35 bits per heavy atom. The van der Waals surface area contributed by atoms with Crippen LogP contribution in [0.25, 0.3) is 0 Å². The minimum absolute atomic E-state index is 0.104. The quantitative estimate of drug-likeness (QED) is 0.549. The van der Waals surface area contributed by atoms with Gasteiger partial charge in [-0.05, 0) is 49.3 Å². The maximum absolute atomic E-state index is 13.3. The van der Waals surface area contributed by atoms with Crippen molar-refractivity contribution in [2.24, 2.45) is 5.73 Å². The van der Waals surface area contributed by atoms with E-state index in [1.165, 1.54) is 23.5 Å². The molecule has 0 radical (unpaired) electrons. The number of alkyl halides is 3. The van der Waals surface area contributed by atoms with Crippen molar-refractivity contribution in [1.29, 1.82) is 10.5 Å². The summed E-state index contributed by atoms with van der Waals surface area (Å²) in [6.45, 7) is 1.86. The number of halogens is 3. The molecule has 0 unspecified atom stereocenters. The lowest BCUT2D eigenvalue weighted by Gasteiger charge is -2.39. The number of ketones is 1. The van der Waals surface area contributed by atoms with E-state index in [2.05, 4.69) is 17.0 Å². The molecule has 188 valence electrons. The molecule has 4 aliphatic heterocycles. The summed E-state index contributed by atoms with van der Waals surface area (Å²) < 4.78 is 39.6. The summed E-state index contributed by atoms with van der Waals surface area (Å²) in [6, 6.07) is 9.08. The number of hydrogen-bond donors (Lipinski definition) is 1. The van der Waals surface area contributed by atoms with Gasteiger partial charge in [0.2, 0.25) is 0 Å². The minimum Gasteiger partial charge on any atom is -0.384 e. The predicted octanol–water partition coefficient (Wildman–Crippen LogP) is 5.64. The fourth-order valence-corrected chi connectivity index (χ4v) is 7.62. The normalized spacial score (nSPS) is 21.6. The number of Topliss-reactive ketones (excluding diaryl/α,β-unsaturated/α-hetero) is 1. The molecule has 7 rings (SSSR count). The van der Waals surface area contributed by atoms with Gasteiger partial charge in [-0.2, -0.15) is 23.7 Å². The number of piperidine rings is 1. The first-order chi connectivity index (χ1) is 17.7. The molecule has 1 fully saturated rings. The summed E-state index contributed by atoms with van der Waals surface area (Å²) in [4.78, 5) is 17.3. The second-order valence-electron chi connectivity index (χ2n) is 9.81. The highest BCUT2D eigenvalue weighted by Gasteiger charge is 2.44. The van der Waals surface area contributed by atoms with Crippen LogP contribution in [0.3, 0.4) is 0 Å². The fourth-order valence-electron chi connectivity index (χ4n) is 6.19. The van der Waals surface area contributed by atoms with Crippen LogP contribution in [-0.4, -0.2) is 18.9 Å². The smallest absolute Gasteiger partial charge is 0.384 e. The first kappa shape index (κ1) is 23.6. The van der Waals surface area contributed by atoms with E-state index in [0.717, 1.165) is 48.6 Å². The molecular formula is C27H22F3N5OS. The van der Waals surface area contributed by atoms with Crippen LogP contribution in [-0.2, 0) is 11.0 Å². The van der Waals surface area contributed by atoms with Crippen LogP contribution in [0.15, 0.2) is 46.9 Å². The third-order valence-corrected chi connectivity index (χ3v) is 9.15. The third-order valence-electron chi connectivity index (χ3n) is 7.90. The van der Waals surface area contributed by atoms with Crippen molar-refractivity contribution in [1.82, 2.24) is 0 Å². The largest absolute Gasteiger partial charge is 0.416 e. The minimum atomic E-state index is -4.50. The highest BCUT2D eigenvalue weighted by molar-refractivity contribution is 7.20. The molecule has 1 aliphatic carbocycles. The van der Waals surface area contributed by atoms with Crippen LogP contribution in [0, 0.1) is 22.7 Å². The number of hydrogen-bond acceptors (Lipinski definition) is 7. The van der Waals surface area contributed by atoms with Gasteiger partial charge >= 0.3 is 6.18 Å². The zero-order valence-corrected chi connectivity index (χ0v) is 20.5. The monoisotopic (exact) mass is 521 g/mol. The second kappa shape index (κ2) is 8.39. The van der Waals surface area contributed by atoms with E-state index < -0.39 is 17.7 Å². The van der Waals surface area contributed by atoms with Crippen LogP contribution in [0.1, 0.15) is 66.2 Å². The lowest BCUT2D eigenvalue weighted by atomic mass is 9.75. The molecule has 0 saturated carbocycles. The number of fused-ring (bicyclic) bond motifs is 2. The van der Waals surface area contributed by atoms with E-state index in [0.29, 0.717) is 46.2 Å². The summed E-state index contributed by atoms with van der Waals surface area (Å²) in [6.07, 6.45) is -1.15. The Morgan fingerprint density at radius 1 is 1.03 bits per heavy atom. The molecule has 5 heterocycles. The standard InChI is InChI=1S/C27H22F3N5OS/c28-27(29,30)16-6-4-14(5-7-16)21-17(12-31)24(33)35(19-2-1-3-20(36)23(19)21)25-18(13-32)22-15-8-10-34(11-9-15)26(22)37-25/h4-7,15,21H,1-3,8-11,33H2/t21-/m0/s1. The number of anilines is 2. The number of nitriles is 2. The molecule has 6 nitrogen and oxygen atoms in total. The summed E-state index contributed by atoms with van der Waals surface area (Å²) in [5.41, 5.74) is 8.94. The summed E-state index contributed by atoms with van der Waals surface area (Å²) in [5.74, 6) is -0.587. The van der Waals surface area contributed by atoms with Gasteiger partial charge in [-0.3, -0.25) is 9.69 Å². The van der Waals surface area contributed by atoms with Gasteiger partial charge in [-0.1, -0.05) is 23.5 Å². The van der Waals surface area contributed by atoms with Gasteiger partial charge in [0.15, 0.2) is 5.78 Å². The highest BCUT2D eigenvalue weighted by Crippen LogP contribution is 2.55. The maximum Gasteiger partial charge on any atom is 0.416 e. The van der Waals surface area contributed by atoms with Gasteiger partial charge in [-0.15, -0.1) is 0 Å². The molecule has 0 amide bonds. The lowest BCUT2D eigenvalue weighted by Crippen LogP contribution is -2.38. The van der Waals surface area contributed by atoms with Crippen LogP contribution in [0.4, 0.5) is 23.2 Å². The van der Waals surface area contributed by atoms with Crippen LogP contribution in [0.2, 0.25) is 0 Å². The van der Waals surface area contributed by atoms with Crippen LogP contribution < -0.4 is 15.5 Å². The Labute approximate surface area is 215 Å². The summed E-state index contributed by atoms with van der Waals surface area (Å²) in [7, 11) is 0. The molecular weight excluding hydrogens is 499 g/mol. The van der Waals surface area contributed by atoms with E-state index >= 15 is 0 Å². The van der Waals surface area contributed by atoms with Gasteiger partial charge < -0.3 is 10.6 Å². The number of carbonyl (C=O) groups is 1. The Hall–Kier alpha value is -3.76. The second-order valence-corrected chi connectivity index (χ2v) is 10.8. The number of carbonyl (C=O) groups excluding carboxylic acids is 1. The van der Waals surface area contributed by atoms with Crippen molar-refractivity contribution >= 4 is 27.1 Å². The molecule has 1 aromatic carbocycles. The lowest BCUT2D eigenvalue weighted by molar-refractivity contribution is -0.137. The predicted molar refractivity (Wildman–Crippen MR) is 133 cm³/mol. The molecule has 10 heteroatoms. The summed E-state index contributed by atoms with van der Waals surface area (Å²) >= 11 is 1.47. The van der Waals surface area contributed by atoms with Crippen molar-refractivity contribution in [3.05, 3.63) is 69.2 Å². The van der Waals surface area contributed by atoms with Crippen molar-refractivity contribution in [2.45, 2.75) is 50.1 Å². The number of thiophene rings is 1. The average molecular weight is 522 g/mol. The molecule has 1 atom stereocenters. The maximum atomic E-state index is 13.3. The number of nitrogens with two attached hydrogens (primary N) is 1. The number of allylic oxidation sites excluding steroid dienone is 3. The van der Waals surface area contributed by atoms with Gasteiger partial charge in [0, 0.05) is 36.3 Å². The van der Waals surface area contributed by atoms with E-state index in [-0.39, 0.29) is 23.6 Å². The van der Waals surface area contributed by atoms with E-state index in [1.54, 1.807) is 4.90 Å². The summed E-state index contributed by atoms with van der Waals surface area (Å²) in [5, 5.41) is 22.1. The third kappa shape index (κ3) is 3.47. The fraction of sp³-hybridized carbons (Fsp3) is 0.370. The topological polar surface area (TPSA) is 97.2 Å². The molecule has 1 saturated heterocycles. The SMILES string of the molecule is N#CC1=C(N)N(c2sc3c(c2C#N)C2CCN3CC2)C2=C(C(=O)CCC2)[C@H]1c1ccc(C(F)(F)F)cc1. The van der Waals surface area contributed by atoms with E-state index in [1.807, 2.05) is 0 Å². The number of rotatable bonds is 2. The zero-order valence-electron chi connectivity index (χ0n) is 19.7. The molecule has 0 spiro atoms. The van der Waals surface area contributed by atoms with Gasteiger partial charge in [-0.25, -0.2) is 0 Å². The number of benzene rings is 1. The Morgan fingerprint density at radius 2 is 1.73 bits per heavy atom. The molecule has 37 heavy (non-hydrogen) atoms. The van der Waals surface area contributed by atoms with Crippen LogP contribution >= 0.6 is 11.3 Å². The Kier molecular flexibility index (Phi) is 5.36. The molecule has 2 N–H and O–H groups in total. The highest BCUT2D eigenvalue weighted by atomic mass is 32.1. The van der Waals surface area contributed by atoms with Crippen molar-refractivity contribution in [3.8, 4) is 12.1 Å². The van der Waals surface area contributed by atoms with Gasteiger partial charge in [0.25, 0.3) is 0 Å². The number of nitrogens with zero attached hydrogens (tertiary/aromatic N) is 4. The average Bonchev–Trinajstić information content (AvgIpc) is 3.29. The van der Waals surface area contributed by atoms with Crippen LogP contribution in [0.5, 0.6) is 0 Å². The van der Waals surface area contributed by atoms with E-state index in [4.69, 9.17) is 5.73 Å². The van der Waals surface area contributed by atoms with Crippen molar-refractivity contribution in [3.63, 3.8) is 0 Å².